The second-order valence-electron chi connectivity index (χ2n) is 7.83. The van der Waals surface area contributed by atoms with Crippen molar-refractivity contribution in [2.75, 3.05) is 31.1 Å². The van der Waals surface area contributed by atoms with E-state index >= 15 is 0 Å². The molecule has 2 aliphatic heterocycles. The van der Waals surface area contributed by atoms with Crippen LogP contribution in [0.15, 0.2) is 36.4 Å². The predicted octanol–water partition coefficient (Wildman–Crippen LogP) is 4.80. The molecule has 1 amide bonds. The number of amides is 1. The number of ether oxygens (including phenoxy) is 2. The number of thiophene rings is 1. The van der Waals surface area contributed by atoms with E-state index in [0.29, 0.717) is 46.9 Å². The lowest BCUT2D eigenvalue weighted by atomic mass is 10.2. The number of carbonyl (C=O) groups excluding carboxylic acids is 1. The largest absolute Gasteiger partial charge is 0.368 e. The van der Waals surface area contributed by atoms with E-state index in [2.05, 4.69) is 10.00 Å². The Labute approximate surface area is 204 Å². The molecule has 174 valence electrons. The molecular formula is C22H21Cl2FN4O3S. The van der Waals surface area contributed by atoms with Crippen molar-refractivity contribution in [3.8, 4) is 10.6 Å². The quantitative estimate of drug-likeness (QED) is 0.493. The smallest absolute Gasteiger partial charge is 0.244 e. The van der Waals surface area contributed by atoms with E-state index in [9.17, 15) is 9.18 Å². The maximum Gasteiger partial charge on any atom is 0.244 e. The van der Waals surface area contributed by atoms with Crippen LogP contribution in [-0.2, 0) is 20.8 Å². The highest BCUT2D eigenvalue weighted by Gasteiger charge is 2.36. The van der Waals surface area contributed by atoms with E-state index in [1.807, 2.05) is 6.07 Å². The first-order valence-electron chi connectivity index (χ1n) is 10.5. The van der Waals surface area contributed by atoms with Crippen molar-refractivity contribution in [3.05, 3.63) is 57.3 Å². The van der Waals surface area contributed by atoms with Gasteiger partial charge in [0.15, 0.2) is 6.29 Å². The third-order valence-electron chi connectivity index (χ3n) is 5.70. The van der Waals surface area contributed by atoms with Gasteiger partial charge in [0.05, 0.1) is 14.2 Å². The van der Waals surface area contributed by atoms with Crippen molar-refractivity contribution in [3.63, 3.8) is 0 Å². The number of piperazine rings is 1. The number of anilines is 1. The highest BCUT2D eigenvalue weighted by molar-refractivity contribution is 7.19. The van der Waals surface area contributed by atoms with Gasteiger partial charge >= 0.3 is 0 Å². The van der Waals surface area contributed by atoms with Crippen LogP contribution in [0.3, 0.4) is 0 Å². The molecule has 5 rings (SSSR count). The number of rotatable bonds is 5. The van der Waals surface area contributed by atoms with Gasteiger partial charge in [-0.3, -0.25) is 9.48 Å². The Hall–Kier alpha value is -2.17. The predicted molar refractivity (Wildman–Crippen MR) is 125 cm³/mol. The third kappa shape index (κ3) is 4.61. The SMILES string of the molecule is CC1OC(c2c(Cl)c(-c3ccc(Cl)s3)nn2CC(=O)N2CCN(c3ccc(F)cc3)CC2)O1. The Bertz CT molecular complexity index is 1160. The Kier molecular flexibility index (Phi) is 6.32. The number of halogens is 3. The van der Waals surface area contributed by atoms with E-state index in [0.717, 1.165) is 10.6 Å². The number of benzene rings is 1. The molecule has 4 heterocycles. The number of hydrogen-bond donors (Lipinski definition) is 0. The summed E-state index contributed by atoms with van der Waals surface area (Å²) in [5.41, 5.74) is 2.01. The Morgan fingerprint density at radius 3 is 2.42 bits per heavy atom. The van der Waals surface area contributed by atoms with Crippen LogP contribution >= 0.6 is 34.5 Å². The summed E-state index contributed by atoms with van der Waals surface area (Å²) in [5.74, 6) is -0.337. The highest BCUT2D eigenvalue weighted by Crippen LogP contribution is 2.42. The number of nitrogens with zero attached hydrogens (tertiary/aromatic N) is 4. The molecule has 2 fully saturated rings. The normalized spacial score (nSPS) is 20.7. The summed E-state index contributed by atoms with van der Waals surface area (Å²) in [6, 6.07) is 10.0. The molecule has 0 unspecified atom stereocenters. The lowest BCUT2D eigenvalue weighted by molar-refractivity contribution is -0.384. The molecule has 2 aromatic heterocycles. The fraction of sp³-hybridized carbons (Fsp3) is 0.364. The van der Waals surface area contributed by atoms with Crippen LogP contribution < -0.4 is 4.90 Å². The first-order chi connectivity index (χ1) is 15.9. The molecule has 0 spiro atoms. The Morgan fingerprint density at radius 1 is 1.12 bits per heavy atom. The molecule has 0 radical (unpaired) electrons. The van der Waals surface area contributed by atoms with E-state index in [1.165, 1.54) is 23.5 Å². The topological polar surface area (TPSA) is 59.8 Å². The van der Waals surface area contributed by atoms with Crippen LogP contribution in [0.2, 0.25) is 9.36 Å². The molecule has 0 saturated carbocycles. The molecule has 2 saturated heterocycles. The van der Waals surface area contributed by atoms with Crippen molar-refractivity contribution in [1.82, 2.24) is 14.7 Å². The summed E-state index contributed by atoms with van der Waals surface area (Å²) < 4.78 is 26.7. The first-order valence-corrected chi connectivity index (χ1v) is 12.1. The molecule has 3 aromatic rings. The van der Waals surface area contributed by atoms with Crippen molar-refractivity contribution in [2.45, 2.75) is 26.0 Å². The second kappa shape index (κ2) is 9.23. The van der Waals surface area contributed by atoms with Gasteiger partial charge in [-0.15, -0.1) is 11.3 Å². The summed E-state index contributed by atoms with van der Waals surface area (Å²) in [6.07, 6.45) is -1.02. The van der Waals surface area contributed by atoms with Gasteiger partial charge in [0.25, 0.3) is 0 Å². The molecule has 0 bridgehead atoms. The molecule has 0 aliphatic carbocycles. The van der Waals surface area contributed by atoms with Crippen molar-refractivity contribution < 1.29 is 18.7 Å². The highest BCUT2D eigenvalue weighted by atomic mass is 35.5. The first kappa shape index (κ1) is 22.6. The average molecular weight is 511 g/mol. The van der Waals surface area contributed by atoms with Crippen LogP contribution in [0.5, 0.6) is 0 Å². The van der Waals surface area contributed by atoms with Crippen LogP contribution in [-0.4, -0.2) is 53.1 Å². The molecular weight excluding hydrogens is 490 g/mol. The summed E-state index contributed by atoms with van der Waals surface area (Å²) in [6.45, 7) is 4.24. The van der Waals surface area contributed by atoms with E-state index in [1.54, 1.807) is 34.7 Å². The van der Waals surface area contributed by atoms with Gasteiger partial charge in [0.1, 0.15) is 23.7 Å². The zero-order chi connectivity index (χ0) is 23.1. The number of carbonyl (C=O) groups is 1. The van der Waals surface area contributed by atoms with Gasteiger partial charge in [0.2, 0.25) is 12.2 Å². The maximum atomic E-state index is 13.2. The zero-order valence-corrected chi connectivity index (χ0v) is 20.0. The van der Waals surface area contributed by atoms with Gasteiger partial charge in [0, 0.05) is 31.9 Å². The second-order valence-corrected chi connectivity index (χ2v) is 9.92. The summed E-state index contributed by atoms with van der Waals surface area (Å²) in [5, 5.41) is 5.00. The van der Waals surface area contributed by atoms with Crippen LogP contribution in [0.25, 0.3) is 10.6 Å². The van der Waals surface area contributed by atoms with Gasteiger partial charge in [-0.2, -0.15) is 5.10 Å². The lowest BCUT2D eigenvalue weighted by Gasteiger charge is -2.36. The maximum absolute atomic E-state index is 13.2. The van der Waals surface area contributed by atoms with Crippen LogP contribution in [0.4, 0.5) is 10.1 Å². The minimum absolute atomic E-state index is 0.0162. The fourth-order valence-electron chi connectivity index (χ4n) is 3.98. The molecule has 1 aromatic carbocycles. The van der Waals surface area contributed by atoms with Gasteiger partial charge < -0.3 is 19.3 Å². The van der Waals surface area contributed by atoms with Gasteiger partial charge in [-0.05, 0) is 43.3 Å². The molecule has 33 heavy (non-hydrogen) atoms. The number of hydrogen-bond acceptors (Lipinski definition) is 6. The minimum atomic E-state index is -0.674. The van der Waals surface area contributed by atoms with E-state index in [-0.39, 0.29) is 24.6 Å². The standard InChI is InChI=1S/C22H21Cl2FN4O3S/c1-13-31-22(32-13)21-19(24)20(16-6-7-17(23)33-16)26-29(21)12-18(30)28-10-8-27(9-11-28)15-4-2-14(25)3-5-15/h2-7,13,22H,8-12H2,1H3. The van der Waals surface area contributed by atoms with E-state index < -0.39 is 6.29 Å². The molecule has 0 N–H and O–H groups in total. The molecule has 0 atom stereocenters. The van der Waals surface area contributed by atoms with Crippen molar-refractivity contribution in [1.29, 1.82) is 0 Å². The monoisotopic (exact) mass is 510 g/mol. The molecule has 11 heteroatoms. The summed E-state index contributed by atoms with van der Waals surface area (Å²) in [7, 11) is 0. The average Bonchev–Trinajstić information content (AvgIpc) is 3.35. The lowest BCUT2D eigenvalue weighted by Crippen LogP contribution is -2.49. The van der Waals surface area contributed by atoms with Gasteiger partial charge in [-0.25, -0.2) is 4.39 Å². The van der Waals surface area contributed by atoms with Crippen molar-refractivity contribution in [2.24, 2.45) is 0 Å². The Balaban J connectivity index is 1.31. The zero-order valence-electron chi connectivity index (χ0n) is 17.7. The van der Waals surface area contributed by atoms with Crippen LogP contribution in [0, 0.1) is 5.82 Å². The summed E-state index contributed by atoms with van der Waals surface area (Å²) >= 11 is 14.1. The Morgan fingerprint density at radius 2 is 1.82 bits per heavy atom. The fourth-order valence-corrected chi connectivity index (χ4v) is 5.40. The summed E-state index contributed by atoms with van der Waals surface area (Å²) in [4.78, 5) is 17.9. The molecule has 2 aliphatic rings. The van der Waals surface area contributed by atoms with E-state index in [4.69, 9.17) is 32.7 Å². The van der Waals surface area contributed by atoms with Crippen LogP contribution in [0.1, 0.15) is 18.9 Å². The molecule has 7 nitrogen and oxygen atoms in total. The number of aromatic nitrogens is 2. The minimum Gasteiger partial charge on any atom is -0.368 e. The third-order valence-corrected chi connectivity index (χ3v) is 7.31. The van der Waals surface area contributed by atoms with Gasteiger partial charge in [-0.1, -0.05) is 23.2 Å². The van der Waals surface area contributed by atoms with Crippen molar-refractivity contribution >= 4 is 46.1 Å².